The fourth-order valence-electron chi connectivity index (χ4n) is 4.16. The maximum Gasteiger partial charge on any atom is 0.236 e. The molecule has 1 aliphatic rings. The van der Waals surface area contributed by atoms with Gasteiger partial charge in [-0.2, -0.15) is 4.98 Å². The first kappa shape index (κ1) is 22.4. The molecule has 0 saturated carbocycles. The first-order chi connectivity index (χ1) is 16.5. The molecular weight excluding hydrogens is 446 g/mol. The predicted molar refractivity (Wildman–Crippen MR) is 133 cm³/mol. The Morgan fingerprint density at radius 2 is 1.44 bits per heavy atom. The zero-order valence-electron chi connectivity index (χ0n) is 19.1. The van der Waals surface area contributed by atoms with Gasteiger partial charge in [0.15, 0.2) is 0 Å². The van der Waals surface area contributed by atoms with Gasteiger partial charge in [0, 0.05) is 38.3 Å². The van der Waals surface area contributed by atoms with Crippen LogP contribution in [0.1, 0.15) is 11.1 Å². The summed E-state index contributed by atoms with van der Waals surface area (Å²) >= 11 is 0. The fraction of sp³-hybridized carbons (Fsp3) is 0.222. The molecule has 34 heavy (non-hydrogen) atoms. The quantitative estimate of drug-likeness (QED) is 0.401. The van der Waals surface area contributed by atoms with Gasteiger partial charge < -0.3 is 9.32 Å². The zero-order chi connectivity index (χ0) is 23.5. The Balaban J connectivity index is 1.45. The fourth-order valence-corrected chi connectivity index (χ4v) is 5.48. The van der Waals surface area contributed by atoms with Crippen molar-refractivity contribution >= 4 is 15.7 Å². The Labute approximate surface area is 200 Å². The summed E-state index contributed by atoms with van der Waals surface area (Å²) in [4.78, 5) is 9.09. The highest BCUT2D eigenvalue weighted by Gasteiger charge is 2.32. The van der Waals surface area contributed by atoms with Crippen molar-refractivity contribution in [1.82, 2.24) is 9.88 Å². The van der Waals surface area contributed by atoms with Crippen LogP contribution in [0.4, 0.5) is 5.88 Å². The number of aryl methyl sites for hydroxylation is 1. The first-order valence-corrected chi connectivity index (χ1v) is 12.9. The summed E-state index contributed by atoms with van der Waals surface area (Å²) in [6.45, 7) is 5.73. The number of anilines is 1. The number of rotatable bonds is 6. The highest BCUT2D eigenvalue weighted by molar-refractivity contribution is 7.91. The second-order valence-corrected chi connectivity index (χ2v) is 10.4. The van der Waals surface area contributed by atoms with Gasteiger partial charge >= 0.3 is 0 Å². The first-order valence-electron chi connectivity index (χ1n) is 11.4. The van der Waals surface area contributed by atoms with Crippen LogP contribution in [0, 0.1) is 6.92 Å². The minimum absolute atomic E-state index is 0.0216. The number of hydrogen-bond acceptors (Lipinski definition) is 6. The van der Waals surface area contributed by atoms with Gasteiger partial charge in [-0.05, 0) is 36.8 Å². The number of hydrogen-bond donors (Lipinski definition) is 0. The van der Waals surface area contributed by atoms with Crippen LogP contribution in [0.25, 0.3) is 11.5 Å². The third-order valence-electron chi connectivity index (χ3n) is 6.09. The van der Waals surface area contributed by atoms with Crippen LogP contribution in [0.3, 0.4) is 0 Å². The van der Waals surface area contributed by atoms with Crippen LogP contribution in [0.5, 0.6) is 0 Å². The summed E-state index contributed by atoms with van der Waals surface area (Å²) in [5, 5.41) is -0.0216. The minimum atomic E-state index is -3.85. The molecule has 1 saturated heterocycles. The molecule has 0 aliphatic carbocycles. The van der Waals surface area contributed by atoms with Crippen LogP contribution < -0.4 is 4.90 Å². The van der Waals surface area contributed by atoms with E-state index >= 15 is 0 Å². The molecule has 0 atom stereocenters. The smallest absolute Gasteiger partial charge is 0.236 e. The van der Waals surface area contributed by atoms with Crippen LogP contribution in [0.15, 0.2) is 99.3 Å². The number of benzene rings is 3. The molecule has 0 radical (unpaired) electrons. The molecule has 0 spiro atoms. The molecule has 3 aromatic carbocycles. The van der Waals surface area contributed by atoms with E-state index in [2.05, 4.69) is 22.0 Å². The topological polar surface area (TPSA) is 66.7 Å². The number of nitrogens with zero attached hydrogens (tertiary/aromatic N) is 3. The second-order valence-electron chi connectivity index (χ2n) is 8.56. The molecule has 2 heterocycles. The summed E-state index contributed by atoms with van der Waals surface area (Å²) < 4.78 is 33.3. The second kappa shape index (κ2) is 9.44. The Bertz CT molecular complexity index is 1340. The zero-order valence-corrected chi connectivity index (χ0v) is 19.9. The Morgan fingerprint density at radius 3 is 2.09 bits per heavy atom. The lowest BCUT2D eigenvalue weighted by Gasteiger charge is -2.34. The highest BCUT2D eigenvalue weighted by Crippen LogP contribution is 2.35. The van der Waals surface area contributed by atoms with Gasteiger partial charge in [0.1, 0.15) is 0 Å². The monoisotopic (exact) mass is 473 g/mol. The lowest BCUT2D eigenvalue weighted by molar-refractivity contribution is 0.245. The van der Waals surface area contributed by atoms with Crippen LogP contribution in [-0.4, -0.2) is 44.5 Å². The molecule has 4 aromatic rings. The number of oxazole rings is 1. The molecule has 1 fully saturated rings. The summed E-state index contributed by atoms with van der Waals surface area (Å²) in [6, 6.07) is 26.6. The number of aromatic nitrogens is 1. The predicted octanol–water partition coefficient (Wildman–Crippen LogP) is 4.81. The third-order valence-corrected chi connectivity index (χ3v) is 7.76. The molecule has 0 bridgehead atoms. The molecule has 5 rings (SSSR count). The molecule has 1 aliphatic heterocycles. The average Bonchev–Trinajstić information content (AvgIpc) is 3.33. The molecule has 1 aromatic heterocycles. The molecule has 7 heteroatoms. The van der Waals surface area contributed by atoms with Gasteiger partial charge in [0.2, 0.25) is 26.6 Å². The van der Waals surface area contributed by atoms with E-state index in [0.29, 0.717) is 24.9 Å². The maximum atomic E-state index is 13.6. The van der Waals surface area contributed by atoms with Crippen molar-refractivity contribution in [3.8, 4) is 11.5 Å². The van der Waals surface area contributed by atoms with E-state index in [0.717, 1.165) is 30.8 Å². The Kier molecular flexibility index (Phi) is 6.22. The van der Waals surface area contributed by atoms with Gasteiger partial charge in [-0.25, -0.2) is 8.42 Å². The van der Waals surface area contributed by atoms with Crippen LogP contribution >= 0.6 is 0 Å². The summed E-state index contributed by atoms with van der Waals surface area (Å²) in [5.41, 5.74) is 3.01. The summed E-state index contributed by atoms with van der Waals surface area (Å²) in [5.74, 6) is 0.631. The van der Waals surface area contributed by atoms with Gasteiger partial charge in [-0.15, -0.1) is 0 Å². The van der Waals surface area contributed by atoms with E-state index < -0.39 is 9.84 Å². The van der Waals surface area contributed by atoms with E-state index in [1.807, 2.05) is 60.4 Å². The Hall–Kier alpha value is -3.42. The summed E-state index contributed by atoms with van der Waals surface area (Å²) in [6.07, 6.45) is 0. The average molecular weight is 474 g/mol. The van der Waals surface area contributed by atoms with E-state index in [1.165, 1.54) is 5.56 Å². The molecule has 0 N–H and O–H groups in total. The SMILES string of the molecule is Cc1ccc(S(=O)(=O)c2nc(-c3ccccc3)oc2N2CCN(Cc3ccccc3)CC2)cc1. The van der Waals surface area contributed by atoms with Crippen LogP contribution in [0.2, 0.25) is 0 Å². The van der Waals surface area contributed by atoms with Crippen molar-refractivity contribution in [2.75, 3.05) is 31.1 Å². The lowest BCUT2D eigenvalue weighted by atomic mass is 10.2. The van der Waals surface area contributed by atoms with E-state index in [4.69, 9.17) is 4.42 Å². The van der Waals surface area contributed by atoms with E-state index in [-0.39, 0.29) is 9.92 Å². The van der Waals surface area contributed by atoms with Gasteiger partial charge in [-0.1, -0.05) is 66.2 Å². The van der Waals surface area contributed by atoms with Gasteiger partial charge in [-0.3, -0.25) is 4.90 Å². The largest absolute Gasteiger partial charge is 0.419 e. The Morgan fingerprint density at radius 1 is 0.824 bits per heavy atom. The van der Waals surface area contributed by atoms with E-state index in [9.17, 15) is 8.42 Å². The van der Waals surface area contributed by atoms with Crippen molar-refractivity contribution in [3.05, 3.63) is 96.1 Å². The normalized spacial score (nSPS) is 14.9. The van der Waals surface area contributed by atoms with Gasteiger partial charge in [0.05, 0.1) is 4.90 Å². The molecule has 0 amide bonds. The lowest BCUT2D eigenvalue weighted by Crippen LogP contribution is -2.46. The maximum absolute atomic E-state index is 13.6. The number of piperazine rings is 1. The standard InChI is InChI=1S/C27H27N3O3S/c1-21-12-14-24(15-13-21)34(31,32)26-27(33-25(28-26)23-10-6-3-7-11-23)30-18-16-29(17-19-30)20-22-8-4-2-5-9-22/h2-15H,16-20H2,1H3. The van der Waals surface area contributed by atoms with Gasteiger partial charge in [0.25, 0.3) is 0 Å². The van der Waals surface area contributed by atoms with Crippen molar-refractivity contribution in [3.63, 3.8) is 0 Å². The molecular formula is C27H27N3O3S. The molecule has 0 unspecified atom stereocenters. The minimum Gasteiger partial charge on any atom is -0.419 e. The third kappa shape index (κ3) is 4.62. The van der Waals surface area contributed by atoms with Crippen molar-refractivity contribution < 1.29 is 12.8 Å². The molecule has 174 valence electrons. The highest BCUT2D eigenvalue weighted by atomic mass is 32.2. The summed E-state index contributed by atoms with van der Waals surface area (Å²) in [7, 11) is -3.85. The molecule has 6 nitrogen and oxygen atoms in total. The van der Waals surface area contributed by atoms with Crippen molar-refractivity contribution in [1.29, 1.82) is 0 Å². The van der Waals surface area contributed by atoms with Crippen LogP contribution in [-0.2, 0) is 16.4 Å². The number of sulfone groups is 1. The van der Waals surface area contributed by atoms with E-state index in [1.54, 1.807) is 24.3 Å². The van der Waals surface area contributed by atoms with Crippen molar-refractivity contribution in [2.24, 2.45) is 0 Å². The van der Waals surface area contributed by atoms with Crippen molar-refractivity contribution in [2.45, 2.75) is 23.4 Å².